The summed E-state index contributed by atoms with van der Waals surface area (Å²) < 4.78 is 25.2. The van der Waals surface area contributed by atoms with Crippen molar-refractivity contribution < 1.29 is 23.7 Å². The van der Waals surface area contributed by atoms with Crippen LogP contribution in [0, 0.1) is 13.8 Å². The third-order valence-corrected chi connectivity index (χ3v) is 5.68. The standard InChI is InChI=1S/C26H29N5O5/c1-17-24(18(2)31(28-17)15-19-8-6-9-20(14-19)33-3)27-26(32)21-12-13-30(29-21)16-36-25-22(34-4)10-7-11-23(25)35-5/h6-14H,15-16H2,1-5H3,(H,27,32). The maximum absolute atomic E-state index is 12.9. The predicted molar refractivity (Wildman–Crippen MR) is 134 cm³/mol. The van der Waals surface area contributed by atoms with Crippen molar-refractivity contribution in [2.24, 2.45) is 0 Å². The van der Waals surface area contributed by atoms with E-state index in [0.717, 1.165) is 22.7 Å². The molecule has 10 heteroatoms. The van der Waals surface area contributed by atoms with E-state index in [9.17, 15) is 4.79 Å². The Morgan fingerprint density at radius 3 is 2.36 bits per heavy atom. The van der Waals surface area contributed by atoms with Crippen molar-refractivity contribution >= 4 is 11.6 Å². The zero-order valence-electron chi connectivity index (χ0n) is 20.9. The van der Waals surface area contributed by atoms with Gasteiger partial charge in [-0.1, -0.05) is 18.2 Å². The Morgan fingerprint density at radius 1 is 0.944 bits per heavy atom. The number of hydrogen-bond donors (Lipinski definition) is 1. The van der Waals surface area contributed by atoms with E-state index in [-0.39, 0.29) is 18.3 Å². The van der Waals surface area contributed by atoms with E-state index >= 15 is 0 Å². The molecule has 0 aliphatic heterocycles. The fraction of sp³-hybridized carbons (Fsp3) is 0.269. The molecule has 0 unspecified atom stereocenters. The first-order valence-electron chi connectivity index (χ1n) is 11.3. The van der Waals surface area contributed by atoms with E-state index in [2.05, 4.69) is 15.5 Å². The Bertz CT molecular complexity index is 1340. The minimum atomic E-state index is -0.337. The summed E-state index contributed by atoms with van der Waals surface area (Å²) in [4.78, 5) is 12.9. The van der Waals surface area contributed by atoms with Gasteiger partial charge in [0.05, 0.1) is 44.9 Å². The molecule has 10 nitrogen and oxygen atoms in total. The number of aromatic nitrogens is 4. The Labute approximate surface area is 209 Å². The Hall–Kier alpha value is -4.47. The molecule has 4 aromatic rings. The van der Waals surface area contributed by atoms with E-state index in [1.165, 1.54) is 4.68 Å². The number of rotatable bonds is 10. The van der Waals surface area contributed by atoms with E-state index in [1.807, 2.05) is 48.9 Å². The number of hydrogen-bond acceptors (Lipinski definition) is 7. The van der Waals surface area contributed by atoms with E-state index < -0.39 is 0 Å². The second-order valence-corrected chi connectivity index (χ2v) is 8.01. The van der Waals surface area contributed by atoms with Crippen LogP contribution in [-0.2, 0) is 13.3 Å². The molecular formula is C26H29N5O5. The lowest BCUT2D eigenvalue weighted by Crippen LogP contribution is -2.15. The summed E-state index contributed by atoms with van der Waals surface area (Å²) in [5.41, 5.74) is 3.52. The molecule has 0 spiro atoms. The van der Waals surface area contributed by atoms with E-state index in [0.29, 0.717) is 29.5 Å². The van der Waals surface area contributed by atoms with Crippen LogP contribution in [0.2, 0.25) is 0 Å². The summed E-state index contributed by atoms with van der Waals surface area (Å²) in [6, 6.07) is 14.8. The maximum atomic E-state index is 12.9. The van der Waals surface area contributed by atoms with Crippen molar-refractivity contribution in [1.29, 1.82) is 0 Å². The molecule has 0 atom stereocenters. The molecule has 36 heavy (non-hydrogen) atoms. The van der Waals surface area contributed by atoms with Gasteiger partial charge in [0.25, 0.3) is 5.91 Å². The van der Waals surface area contributed by atoms with Gasteiger partial charge in [0, 0.05) is 6.20 Å². The molecule has 0 saturated carbocycles. The third kappa shape index (κ3) is 5.27. The predicted octanol–water partition coefficient (Wildman–Crippen LogP) is 4.06. The highest BCUT2D eigenvalue weighted by Crippen LogP contribution is 2.36. The second-order valence-electron chi connectivity index (χ2n) is 8.01. The quantitative estimate of drug-likeness (QED) is 0.357. The summed E-state index contributed by atoms with van der Waals surface area (Å²) in [7, 11) is 4.75. The van der Waals surface area contributed by atoms with Crippen molar-refractivity contribution in [3.05, 3.63) is 77.4 Å². The van der Waals surface area contributed by atoms with Gasteiger partial charge in [0.15, 0.2) is 23.9 Å². The van der Waals surface area contributed by atoms with Crippen LogP contribution in [0.3, 0.4) is 0 Å². The zero-order chi connectivity index (χ0) is 25.7. The summed E-state index contributed by atoms with van der Waals surface area (Å²) in [6.45, 7) is 4.40. The number of nitrogens with zero attached hydrogens (tertiary/aromatic N) is 4. The lowest BCUT2D eigenvalue weighted by Gasteiger charge is -2.13. The van der Waals surface area contributed by atoms with Gasteiger partial charge in [-0.3, -0.25) is 9.48 Å². The first-order chi connectivity index (χ1) is 17.4. The SMILES string of the molecule is COc1cccc(Cn2nc(C)c(NC(=O)c3ccn(COc4c(OC)cccc4OC)n3)c2C)c1. The molecule has 2 aromatic carbocycles. The monoisotopic (exact) mass is 491 g/mol. The smallest absolute Gasteiger partial charge is 0.276 e. The van der Waals surface area contributed by atoms with Crippen molar-refractivity contribution in [2.75, 3.05) is 26.6 Å². The number of benzene rings is 2. The highest BCUT2D eigenvalue weighted by Gasteiger charge is 2.18. The van der Waals surface area contributed by atoms with E-state index in [1.54, 1.807) is 45.7 Å². The first-order valence-corrected chi connectivity index (χ1v) is 11.3. The Balaban J connectivity index is 1.44. The van der Waals surface area contributed by atoms with Gasteiger partial charge < -0.3 is 24.3 Å². The van der Waals surface area contributed by atoms with Gasteiger partial charge in [-0.25, -0.2) is 4.68 Å². The van der Waals surface area contributed by atoms with Gasteiger partial charge in [-0.05, 0) is 49.7 Å². The van der Waals surface area contributed by atoms with Crippen molar-refractivity contribution in [1.82, 2.24) is 19.6 Å². The molecule has 0 aliphatic rings. The second kappa shape index (κ2) is 10.9. The van der Waals surface area contributed by atoms with Crippen LogP contribution in [0.1, 0.15) is 27.4 Å². The fourth-order valence-corrected chi connectivity index (χ4v) is 3.80. The van der Waals surface area contributed by atoms with E-state index in [4.69, 9.17) is 18.9 Å². The van der Waals surface area contributed by atoms with Gasteiger partial charge >= 0.3 is 0 Å². The topological polar surface area (TPSA) is 102 Å². The molecule has 1 N–H and O–H groups in total. The molecule has 2 heterocycles. The highest BCUT2D eigenvalue weighted by atomic mass is 16.5. The molecular weight excluding hydrogens is 462 g/mol. The lowest BCUT2D eigenvalue weighted by atomic mass is 10.2. The molecule has 0 aliphatic carbocycles. The number of amides is 1. The van der Waals surface area contributed by atoms with Gasteiger partial charge in [0.2, 0.25) is 5.75 Å². The number of para-hydroxylation sites is 1. The van der Waals surface area contributed by atoms with Crippen LogP contribution in [0.4, 0.5) is 5.69 Å². The lowest BCUT2D eigenvalue weighted by molar-refractivity contribution is 0.102. The molecule has 1 amide bonds. The molecule has 0 fully saturated rings. The average Bonchev–Trinajstić information content (AvgIpc) is 3.47. The number of aryl methyl sites for hydroxylation is 1. The number of carbonyl (C=O) groups excluding carboxylic acids is 1. The van der Waals surface area contributed by atoms with Gasteiger partial charge in [-0.15, -0.1) is 0 Å². The Morgan fingerprint density at radius 2 is 1.67 bits per heavy atom. The van der Waals surface area contributed by atoms with Crippen molar-refractivity contribution in [2.45, 2.75) is 27.1 Å². The minimum Gasteiger partial charge on any atom is -0.497 e. The maximum Gasteiger partial charge on any atom is 0.276 e. The molecule has 0 bridgehead atoms. The number of ether oxygens (including phenoxy) is 4. The number of carbonyl (C=O) groups is 1. The van der Waals surface area contributed by atoms with Gasteiger partial charge in [0.1, 0.15) is 5.75 Å². The normalized spacial score (nSPS) is 10.7. The fourth-order valence-electron chi connectivity index (χ4n) is 3.80. The van der Waals surface area contributed by atoms with Crippen LogP contribution < -0.4 is 24.3 Å². The number of anilines is 1. The van der Waals surface area contributed by atoms with Crippen LogP contribution in [0.15, 0.2) is 54.7 Å². The zero-order valence-corrected chi connectivity index (χ0v) is 20.9. The average molecular weight is 492 g/mol. The van der Waals surface area contributed by atoms with Gasteiger partial charge in [-0.2, -0.15) is 10.2 Å². The van der Waals surface area contributed by atoms with Crippen LogP contribution >= 0.6 is 0 Å². The largest absolute Gasteiger partial charge is 0.497 e. The van der Waals surface area contributed by atoms with Crippen LogP contribution in [-0.4, -0.2) is 46.8 Å². The molecule has 0 radical (unpaired) electrons. The summed E-state index contributed by atoms with van der Waals surface area (Å²) in [6.07, 6.45) is 1.67. The van der Waals surface area contributed by atoms with Crippen molar-refractivity contribution in [3.63, 3.8) is 0 Å². The first kappa shape index (κ1) is 24.6. The Kier molecular flexibility index (Phi) is 7.43. The summed E-state index contributed by atoms with van der Waals surface area (Å²) in [5.74, 6) is 1.98. The molecule has 188 valence electrons. The highest BCUT2D eigenvalue weighted by molar-refractivity contribution is 6.03. The molecule has 2 aromatic heterocycles. The van der Waals surface area contributed by atoms with Crippen molar-refractivity contribution in [3.8, 4) is 23.0 Å². The number of methoxy groups -OCH3 is 3. The van der Waals surface area contributed by atoms with Crippen LogP contribution in [0.5, 0.6) is 23.0 Å². The molecule has 0 saturated heterocycles. The number of nitrogens with one attached hydrogen (secondary N) is 1. The third-order valence-electron chi connectivity index (χ3n) is 5.68. The van der Waals surface area contributed by atoms with Crippen LogP contribution in [0.25, 0.3) is 0 Å². The minimum absolute atomic E-state index is 0.0700. The summed E-state index contributed by atoms with van der Waals surface area (Å²) >= 11 is 0. The molecule has 4 rings (SSSR count). The summed E-state index contributed by atoms with van der Waals surface area (Å²) in [5, 5.41) is 11.9.